The summed E-state index contributed by atoms with van der Waals surface area (Å²) in [5.41, 5.74) is 1.54. The fourth-order valence-electron chi connectivity index (χ4n) is 1.68. The number of anilines is 2. The van der Waals surface area contributed by atoms with Crippen LogP contribution in [-0.4, -0.2) is 26.6 Å². The van der Waals surface area contributed by atoms with E-state index in [-0.39, 0.29) is 17.2 Å². The molecule has 0 atom stereocenters. The zero-order valence-corrected chi connectivity index (χ0v) is 12.4. The van der Waals surface area contributed by atoms with E-state index in [1.807, 2.05) is 0 Å². The van der Waals surface area contributed by atoms with Crippen molar-refractivity contribution in [3.63, 3.8) is 0 Å². The number of Topliss-reactive ketones (excluding diaryl/α,β-unsaturated/α-hetero) is 1. The summed E-state index contributed by atoms with van der Waals surface area (Å²) in [5.74, 6) is -0.657. The van der Waals surface area contributed by atoms with Crippen molar-refractivity contribution < 1.29 is 14.3 Å². The van der Waals surface area contributed by atoms with Crippen molar-refractivity contribution in [3.8, 4) is 5.75 Å². The fraction of sp³-hybridized carbons (Fsp3) is 0.200. The van der Waals surface area contributed by atoms with Crippen molar-refractivity contribution in [2.24, 2.45) is 4.99 Å². The zero-order chi connectivity index (χ0) is 16.3. The summed E-state index contributed by atoms with van der Waals surface area (Å²) in [7, 11) is 0. The lowest BCUT2D eigenvalue weighted by molar-refractivity contribution is -0.111. The first-order valence-corrected chi connectivity index (χ1v) is 6.52. The minimum absolute atomic E-state index is 0.168. The van der Waals surface area contributed by atoms with Gasteiger partial charge in [0, 0.05) is 13.0 Å². The first kappa shape index (κ1) is 15.6. The number of hydrogen-bond acceptors (Lipinski definition) is 6. The number of nitrogens with one attached hydrogen (secondary N) is 1. The van der Waals surface area contributed by atoms with Crippen LogP contribution in [0.3, 0.4) is 0 Å². The van der Waals surface area contributed by atoms with Crippen LogP contribution < -0.4 is 5.32 Å². The molecule has 22 heavy (non-hydrogen) atoms. The molecular formula is C15H15FN4O2. The summed E-state index contributed by atoms with van der Waals surface area (Å²) < 4.78 is 13.0. The minimum Gasteiger partial charge on any atom is -0.506 e. The molecule has 1 heterocycles. The normalized spacial score (nSPS) is 11.4. The molecule has 2 N–H and O–H groups in total. The molecule has 0 spiro atoms. The first-order valence-electron chi connectivity index (χ1n) is 6.52. The second-order valence-corrected chi connectivity index (χ2v) is 4.70. The van der Waals surface area contributed by atoms with Crippen LogP contribution in [0.1, 0.15) is 19.5 Å². The van der Waals surface area contributed by atoms with Crippen LogP contribution in [0.5, 0.6) is 5.75 Å². The Kier molecular flexibility index (Phi) is 4.45. The average Bonchev–Trinajstić information content (AvgIpc) is 2.45. The van der Waals surface area contributed by atoms with Gasteiger partial charge in [-0.05, 0) is 26.0 Å². The van der Waals surface area contributed by atoms with Gasteiger partial charge in [0.15, 0.2) is 11.6 Å². The summed E-state index contributed by atoms with van der Waals surface area (Å²) in [4.78, 5) is 23.7. The average molecular weight is 302 g/mol. The van der Waals surface area contributed by atoms with Gasteiger partial charge in [-0.15, -0.1) is 0 Å². The highest BCUT2D eigenvalue weighted by Crippen LogP contribution is 2.32. The summed E-state index contributed by atoms with van der Waals surface area (Å²) in [6, 6.07) is 3.58. The maximum absolute atomic E-state index is 13.0. The van der Waals surface area contributed by atoms with Crippen LogP contribution in [0.15, 0.2) is 29.5 Å². The molecule has 0 saturated heterocycles. The topological polar surface area (TPSA) is 87.5 Å². The molecule has 7 heteroatoms. The molecular weight excluding hydrogens is 287 g/mol. The van der Waals surface area contributed by atoms with Crippen LogP contribution in [0.4, 0.5) is 21.6 Å². The van der Waals surface area contributed by atoms with Crippen molar-refractivity contribution in [3.05, 3.63) is 36.0 Å². The largest absolute Gasteiger partial charge is 0.506 e. The van der Waals surface area contributed by atoms with E-state index in [9.17, 15) is 14.3 Å². The number of phenolic OH excluding ortho intramolecular Hbond substituents is 1. The van der Waals surface area contributed by atoms with Crippen molar-refractivity contribution >= 4 is 28.7 Å². The highest BCUT2D eigenvalue weighted by Gasteiger charge is 2.12. The first-order chi connectivity index (χ1) is 10.4. The van der Waals surface area contributed by atoms with Crippen molar-refractivity contribution in [1.29, 1.82) is 0 Å². The van der Waals surface area contributed by atoms with E-state index in [1.165, 1.54) is 25.4 Å². The Morgan fingerprint density at radius 1 is 1.32 bits per heavy atom. The second kappa shape index (κ2) is 6.30. The SMILES string of the molecule is CC(=O)C(C)=Nc1c(C)ncnc1Nc1ccc(F)cc1O. The highest BCUT2D eigenvalue weighted by atomic mass is 19.1. The Morgan fingerprint density at radius 3 is 2.68 bits per heavy atom. The number of rotatable bonds is 4. The molecule has 1 aromatic carbocycles. The third kappa shape index (κ3) is 3.43. The maximum Gasteiger partial charge on any atom is 0.173 e. The van der Waals surface area contributed by atoms with Crippen LogP contribution >= 0.6 is 0 Å². The Hall–Kier alpha value is -2.83. The van der Waals surface area contributed by atoms with Gasteiger partial charge in [0.05, 0.1) is 17.1 Å². The number of aromatic hydroxyl groups is 1. The van der Waals surface area contributed by atoms with E-state index < -0.39 is 5.82 Å². The molecule has 114 valence electrons. The molecule has 0 radical (unpaired) electrons. The van der Waals surface area contributed by atoms with E-state index in [4.69, 9.17) is 0 Å². The van der Waals surface area contributed by atoms with E-state index in [0.29, 0.717) is 22.9 Å². The lowest BCUT2D eigenvalue weighted by Gasteiger charge is -2.11. The third-order valence-corrected chi connectivity index (χ3v) is 3.01. The van der Waals surface area contributed by atoms with Crippen molar-refractivity contribution in [2.75, 3.05) is 5.32 Å². The number of benzene rings is 1. The molecule has 0 amide bonds. The molecule has 2 aromatic rings. The van der Waals surface area contributed by atoms with Crippen LogP contribution in [0.25, 0.3) is 0 Å². The molecule has 0 unspecified atom stereocenters. The summed E-state index contributed by atoms with van der Waals surface area (Å²) in [6.45, 7) is 4.73. The lowest BCUT2D eigenvalue weighted by Crippen LogP contribution is -2.05. The molecule has 1 aromatic heterocycles. The van der Waals surface area contributed by atoms with E-state index >= 15 is 0 Å². The van der Waals surface area contributed by atoms with Gasteiger partial charge in [0.1, 0.15) is 23.6 Å². The summed E-state index contributed by atoms with van der Waals surface area (Å²) in [5, 5.41) is 12.6. The molecule has 0 fully saturated rings. The Bertz CT molecular complexity index is 759. The van der Waals surface area contributed by atoms with Gasteiger partial charge in [0.25, 0.3) is 0 Å². The number of aryl methyl sites for hydroxylation is 1. The third-order valence-electron chi connectivity index (χ3n) is 3.01. The Balaban J connectivity index is 2.45. The predicted molar refractivity (Wildman–Crippen MR) is 81.6 cm³/mol. The van der Waals surface area contributed by atoms with Gasteiger partial charge in [-0.2, -0.15) is 0 Å². The maximum atomic E-state index is 13.0. The second-order valence-electron chi connectivity index (χ2n) is 4.70. The van der Waals surface area contributed by atoms with E-state index in [2.05, 4.69) is 20.3 Å². The summed E-state index contributed by atoms with van der Waals surface area (Å²) in [6.07, 6.45) is 1.33. The fourth-order valence-corrected chi connectivity index (χ4v) is 1.68. The number of carbonyl (C=O) groups is 1. The number of phenols is 1. The number of nitrogens with zero attached hydrogens (tertiary/aromatic N) is 3. The van der Waals surface area contributed by atoms with Crippen LogP contribution in [0, 0.1) is 12.7 Å². The molecule has 0 bridgehead atoms. The highest BCUT2D eigenvalue weighted by molar-refractivity contribution is 6.38. The minimum atomic E-state index is -0.549. The number of aromatic nitrogens is 2. The van der Waals surface area contributed by atoms with Gasteiger partial charge in [-0.25, -0.2) is 19.4 Å². The monoisotopic (exact) mass is 302 g/mol. The van der Waals surface area contributed by atoms with Crippen LogP contribution in [0.2, 0.25) is 0 Å². The summed E-state index contributed by atoms with van der Waals surface area (Å²) >= 11 is 0. The number of halogens is 1. The quantitative estimate of drug-likeness (QED) is 0.669. The predicted octanol–water partition coefficient (Wildman–Crippen LogP) is 3.05. The molecule has 0 saturated carbocycles. The van der Waals surface area contributed by atoms with Gasteiger partial charge in [-0.1, -0.05) is 0 Å². The molecule has 0 aliphatic rings. The standard InChI is InChI=1S/C15H15FN4O2/c1-8(10(3)21)19-14-9(2)17-7-18-15(14)20-12-5-4-11(16)6-13(12)22/h4-7,22H,1-3H3,(H,17,18,20). The van der Waals surface area contributed by atoms with Gasteiger partial charge in [-0.3, -0.25) is 4.79 Å². The van der Waals surface area contributed by atoms with Gasteiger partial charge in [0.2, 0.25) is 0 Å². The van der Waals surface area contributed by atoms with Crippen LogP contribution in [-0.2, 0) is 4.79 Å². The number of carbonyl (C=O) groups excluding carboxylic acids is 1. The molecule has 2 rings (SSSR count). The Labute approximate surface area is 126 Å². The number of aliphatic imine (C=N–C) groups is 1. The van der Waals surface area contributed by atoms with Crippen molar-refractivity contribution in [2.45, 2.75) is 20.8 Å². The lowest BCUT2D eigenvalue weighted by atomic mass is 10.2. The number of hydrogen-bond donors (Lipinski definition) is 2. The number of ketones is 1. The van der Waals surface area contributed by atoms with E-state index in [0.717, 1.165) is 6.07 Å². The zero-order valence-electron chi connectivity index (χ0n) is 12.4. The van der Waals surface area contributed by atoms with Gasteiger partial charge < -0.3 is 10.4 Å². The van der Waals surface area contributed by atoms with Crippen molar-refractivity contribution in [1.82, 2.24) is 9.97 Å². The molecule has 0 aliphatic carbocycles. The smallest absolute Gasteiger partial charge is 0.173 e. The Morgan fingerprint density at radius 2 is 2.05 bits per heavy atom. The molecule has 0 aliphatic heterocycles. The van der Waals surface area contributed by atoms with E-state index in [1.54, 1.807) is 13.8 Å². The molecule has 6 nitrogen and oxygen atoms in total. The van der Waals surface area contributed by atoms with Gasteiger partial charge >= 0.3 is 0 Å².